The van der Waals surface area contributed by atoms with Crippen LogP contribution in [0.15, 0.2) is 21.8 Å². The monoisotopic (exact) mass is 576 g/mol. The van der Waals surface area contributed by atoms with Crippen LogP contribution in [0.25, 0.3) is 0 Å². The number of halogens is 1. The number of guanidine groups is 1. The maximum Gasteiger partial charge on any atom is 0.220 e. The Morgan fingerprint density at radius 1 is 1.20 bits per heavy atom. The molecule has 1 N–H and O–H groups in total. The fourth-order valence-corrected chi connectivity index (χ4v) is 6.10. The molecule has 11 nitrogen and oxygen atoms in total. The standard InChI is InChI=1S/C16H28N6O5S2.HI/c1-17-16(18-3-4-20-9-12-28(23,24)13-10-20)21-5-7-22(8-6-21)29(25,26)14-15-2-11-27-19-15;/h2,11H,3-10,12-14H2,1H3,(H,17,18);1H. The van der Waals surface area contributed by atoms with Crippen molar-refractivity contribution in [3.05, 3.63) is 18.0 Å². The summed E-state index contributed by atoms with van der Waals surface area (Å²) in [5.41, 5.74) is 0.399. The summed E-state index contributed by atoms with van der Waals surface area (Å²) in [7, 11) is -4.61. The molecule has 2 aliphatic rings. The summed E-state index contributed by atoms with van der Waals surface area (Å²) < 4.78 is 54.2. The van der Waals surface area contributed by atoms with Crippen molar-refractivity contribution in [2.45, 2.75) is 5.75 Å². The highest BCUT2D eigenvalue weighted by atomic mass is 127. The molecule has 0 aliphatic carbocycles. The Morgan fingerprint density at radius 2 is 1.87 bits per heavy atom. The van der Waals surface area contributed by atoms with Crippen LogP contribution < -0.4 is 5.32 Å². The number of aliphatic imine (C=N–C) groups is 1. The predicted octanol–water partition coefficient (Wildman–Crippen LogP) is -0.954. The van der Waals surface area contributed by atoms with E-state index in [1.807, 2.05) is 4.90 Å². The number of sulfone groups is 1. The van der Waals surface area contributed by atoms with Crippen molar-refractivity contribution < 1.29 is 21.4 Å². The molecule has 1 aromatic rings. The highest BCUT2D eigenvalue weighted by Crippen LogP contribution is 2.13. The molecule has 0 atom stereocenters. The summed E-state index contributed by atoms with van der Waals surface area (Å²) >= 11 is 0. The minimum Gasteiger partial charge on any atom is -0.364 e. The lowest BCUT2D eigenvalue weighted by molar-refractivity contribution is 0.256. The van der Waals surface area contributed by atoms with Crippen molar-refractivity contribution in [2.24, 2.45) is 4.99 Å². The van der Waals surface area contributed by atoms with Gasteiger partial charge in [0.2, 0.25) is 10.0 Å². The summed E-state index contributed by atoms with van der Waals surface area (Å²) in [5.74, 6) is 0.990. The third-order valence-corrected chi connectivity index (χ3v) is 8.53. The Bertz CT molecular complexity index is 885. The van der Waals surface area contributed by atoms with Crippen LogP contribution in [-0.4, -0.2) is 113 Å². The zero-order chi connectivity index (χ0) is 20.9. The summed E-state index contributed by atoms with van der Waals surface area (Å²) in [4.78, 5) is 8.44. The van der Waals surface area contributed by atoms with Gasteiger partial charge in [0.1, 0.15) is 12.0 Å². The van der Waals surface area contributed by atoms with E-state index in [0.29, 0.717) is 51.5 Å². The van der Waals surface area contributed by atoms with Gasteiger partial charge in [0.25, 0.3) is 0 Å². The van der Waals surface area contributed by atoms with Gasteiger partial charge in [-0.15, -0.1) is 24.0 Å². The Hall–Kier alpha value is -0.970. The van der Waals surface area contributed by atoms with Crippen LogP contribution in [0.4, 0.5) is 0 Å². The molecule has 0 radical (unpaired) electrons. The average molecular weight is 576 g/mol. The van der Waals surface area contributed by atoms with E-state index >= 15 is 0 Å². The van der Waals surface area contributed by atoms with Gasteiger partial charge in [-0.05, 0) is 0 Å². The molecule has 172 valence electrons. The van der Waals surface area contributed by atoms with Crippen molar-refractivity contribution in [3.8, 4) is 0 Å². The molecule has 3 heterocycles. The van der Waals surface area contributed by atoms with Gasteiger partial charge in [-0.1, -0.05) is 5.16 Å². The molecule has 2 saturated heterocycles. The van der Waals surface area contributed by atoms with Gasteiger partial charge in [-0.3, -0.25) is 9.89 Å². The number of piperazine rings is 1. The lowest BCUT2D eigenvalue weighted by Gasteiger charge is -2.36. The molecule has 0 aromatic carbocycles. The smallest absolute Gasteiger partial charge is 0.220 e. The molecular weight excluding hydrogens is 547 g/mol. The summed E-state index contributed by atoms with van der Waals surface area (Å²) in [6.45, 7) is 4.35. The molecule has 0 saturated carbocycles. The van der Waals surface area contributed by atoms with Crippen molar-refractivity contribution in [3.63, 3.8) is 0 Å². The lowest BCUT2D eigenvalue weighted by atomic mass is 10.4. The molecule has 0 bridgehead atoms. The zero-order valence-electron chi connectivity index (χ0n) is 16.9. The lowest BCUT2D eigenvalue weighted by Crippen LogP contribution is -2.54. The van der Waals surface area contributed by atoms with Crippen LogP contribution in [0.3, 0.4) is 0 Å². The third-order valence-electron chi connectivity index (χ3n) is 5.11. The normalized spacial score (nSPS) is 21.2. The van der Waals surface area contributed by atoms with Crippen LogP contribution in [-0.2, 0) is 25.6 Å². The number of sulfonamides is 1. The Kier molecular flexibility index (Phi) is 9.32. The van der Waals surface area contributed by atoms with Gasteiger partial charge >= 0.3 is 0 Å². The quantitative estimate of drug-likeness (QED) is 0.259. The Balaban J connectivity index is 0.00000320. The number of hydrogen-bond acceptors (Lipinski definition) is 8. The topological polar surface area (TPSA) is 128 Å². The van der Waals surface area contributed by atoms with Crippen molar-refractivity contribution >= 4 is 49.8 Å². The van der Waals surface area contributed by atoms with E-state index in [4.69, 9.17) is 4.52 Å². The fraction of sp³-hybridized carbons (Fsp3) is 0.750. The van der Waals surface area contributed by atoms with Crippen molar-refractivity contribution in [1.82, 2.24) is 24.6 Å². The molecule has 3 rings (SSSR count). The van der Waals surface area contributed by atoms with Crippen molar-refractivity contribution in [2.75, 3.05) is 70.9 Å². The first-order valence-electron chi connectivity index (χ1n) is 9.54. The molecule has 0 amide bonds. The number of nitrogens with one attached hydrogen (secondary N) is 1. The second kappa shape index (κ2) is 11.1. The van der Waals surface area contributed by atoms with Crippen molar-refractivity contribution in [1.29, 1.82) is 0 Å². The summed E-state index contributed by atoms with van der Waals surface area (Å²) in [6.07, 6.45) is 1.36. The number of rotatable bonds is 6. The van der Waals surface area contributed by atoms with E-state index in [-0.39, 0.29) is 41.2 Å². The molecule has 2 fully saturated rings. The van der Waals surface area contributed by atoms with Gasteiger partial charge in [-0.2, -0.15) is 4.31 Å². The summed E-state index contributed by atoms with van der Waals surface area (Å²) in [6, 6.07) is 1.55. The van der Waals surface area contributed by atoms with E-state index in [1.54, 1.807) is 13.1 Å². The Labute approximate surface area is 194 Å². The number of hydrogen-bond donors (Lipinski definition) is 1. The molecule has 14 heteroatoms. The third kappa shape index (κ3) is 7.03. The first-order chi connectivity index (χ1) is 13.8. The van der Waals surface area contributed by atoms with Crippen LogP contribution in [0.5, 0.6) is 0 Å². The molecule has 0 unspecified atom stereocenters. The maximum absolute atomic E-state index is 12.5. The number of nitrogens with zero attached hydrogens (tertiary/aromatic N) is 5. The molecule has 0 spiro atoms. The van der Waals surface area contributed by atoms with Gasteiger partial charge in [0.15, 0.2) is 15.8 Å². The van der Waals surface area contributed by atoms with Gasteiger partial charge in [-0.25, -0.2) is 16.8 Å². The van der Waals surface area contributed by atoms with Gasteiger partial charge < -0.3 is 14.7 Å². The average Bonchev–Trinajstić information content (AvgIpc) is 3.19. The van der Waals surface area contributed by atoms with Crippen LogP contribution in [0.2, 0.25) is 0 Å². The minimum atomic E-state index is -3.44. The Morgan fingerprint density at radius 3 is 2.43 bits per heavy atom. The highest BCUT2D eigenvalue weighted by molar-refractivity contribution is 14.0. The first kappa shape index (κ1) is 25.3. The van der Waals surface area contributed by atoms with E-state index in [9.17, 15) is 16.8 Å². The molecular formula is C16H29IN6O5S2. The predicted molar refractivity (Wildman–Crippen MR) is 124 cm³/mol. The largest absolute Gasteiger partial charge is 0.364 e. The van der Waals surface area contributed by atoms with E-state index in [1.165, 1.54) is 10.6 Å². The second-order valence-corrected chi connectivity index (χ2v) is 11.4. The van der Waals surface area contributed by atoms with Gasteiger partial charge in [0, 0.05) is 65.5 Å². The van der Waals surface area contributed by atoms with Gasteiger partial charge in [0.05, 0.1) is 17.2 Å². The van der Waals surface area contributed by atoms with Crippen LogP contribution in [0, 0.1) is 0 Å². The maximum atomic E-state index is 12.5. The van der Waals surface area contributed by atoms with E-state index in [2.05, 4.69) is 20.4 Å². The summed E-state index contributed by atoms with van der Waals surface area (Å²) in [5, 5.41) is 6.97. The zero-order valence-corrected chi connectivity index (χ0v) is 20.9. The SMILES string of the molecule is CN=C(NCCN1CCS(=O)(=O)CC1)N1CCN(S(=O)(=O)Cc2ccon2)CC1.I. The molecule has 2 aliphatic heterocycles. The second-order valence-electron chi connectivity index (χ2n) is 7.10. The van der Waals surface area contributed by atoms with Crippen LogP contribution in [0.1, 0.15) is 5.69 Å². The first-order valence-corrected chi connectivity index (χ1v) is 13.0. The number of aromatic nitrogens is 1. The molecule has 30 heavy (non-hydrogen) atoms. The minimum absolute atomic E-state index is 0. The van der Waals surface area contributed by atoms with E-state index in [0.717, 1.165) is 12.5 Å². The molecule has 1 aromatic heterocycles. The highest BCUT2D eigenvalue weighted by Gasteiger charge is 2.29. The van der Waals surface area contributed by atoms with Crippen LogP contribution >= 0.6 is 24.0 Å². The fourth-order valence-electron chi connectivity index (χ4n) is 3.40. The van der Waals surface area contributed by atoms with E-state index < -0.39 is 19.9 Å².